The number of halogens is 1. The number of phenolic OH excluding ortho intramolecular Hbond substituents is 1. The van der Waals surface area contributed by atoms with Gasteiger partial charge >= 0.3 is 5.69 Å². The number of aromatic nitrogens is 2. The second kappa shape index (κ2) is 6.76. The average Bonchev–Trinajstić information content (AvgIpc) is 3.00. The molecule has 0 aliphatic heterocycles. The van der Waals surface area contributed by atoms with Gasteiger partial charge in [0.25, 0.3) is 5.56 Å². The molecule has 3 aromatic carbocycles. The molecule has 0 amide bonds. The molecule has 0 aliphatic carbocycles. The van der Waals surface area contributed by atoms with Crippen LogP contribution < -0.4 is 11.2 Å². The minimum Gasteiger partial charge on any atom is -0.508 e. The summed E-state index contributed by atoms with van der Waals surface area (Å²) in [6.45, 7) is 0.853. The Kier molecular flexibility index (Phi) is 4.48. The number of rotatable bonds is 3. The highest BCUT2D eigenvalue weighted by Crippen LogP contribution is 2.36. The molecule has 0 bridgehead atoms. The van der Waals surface area contributed by atoms with Gasteiger partial charge in [-0.1, -0.05) is 30.3 Å². The summed E-state index contributed by atoms with van der Waals surface area (Å²) >= 11 is 0. The number of likely N-dealkylation sites (N-methyl/N-ethyl adjacent to an activating group) is 1. The molecular weight excluding hydrogens is 390 g/mol. The van der Waals surface area contributed by atoms with E-state index in [2.05, 4.69) is 0 Å². The first kappa shape index (κ1) is 19.2. The third kappa shape index (κ3) is 2.68. The molecular formula is C22H20ClN3O3. The Hall–Kier alpha value is -3.09. The first-order chi connectivity index (χ1) is 13.5. The molecule has 0 aliphatic rings. The molecule has 2 heterocycles. The van der Waals surface area contributed by atoms with E-state index in [1.165, 1.54) is 10.6 Å². The molecule has 1 N–H and O–H groups in total. The predicted octanol–water partition coefficient (Wildman–Crippen LogP) is 3.05. The second-order valence-corrected chi connectivity index (χ2v) is 7.45. The maximum absolute atomic E-state index is 13.3. The van der Waals surface area contributed by atoms with Crippen LogP contribution in [0.5, 0.6) is 5.75 Å². The molecule has 2 aromatic heterocycles. The van der Waals surface area contributed by atoms with Gasteiger partial charge in [-0.25, -0.2) is 4.79 Å². The minimum absolute atomic E-state index is 0. The van der Waals surface area contributed by atoms with Crippen LogP contribution in [0.1, 0.15) is 0 Å². The van der Waals surface area contributed by atoms with Crippen molar-refractivity contribution in [1.82, 2.24) is 13.9 Å². The van der Waals surface area contributed by atoms with Gasteiger partial charge in [-0.3, -0.25) is 13.8 Å². The Morgan fingerprint density at radius 3 is 2.45 bits per heavy atom. The molecule has 6 nitrogen and oxygen atoms in total. The lowest BCUT2D eigenvalue weighted by Gasteiger charge is -2.12. The van der Waals surface area contributed by atoms with Crippen molar-refractivity contribution in [2.75, 3.05) is 20.6 Å². The summed E-state index contributed by atoms with van der Waals surface area (Å²) in [5, 5.41) is 14.3. The zero-order chi connectivity index (χ0) is 19.6. The zero-order valence-electron chi connectivity index (χ0n) is 16.0. The van der Waals surface area contributed by atoms with Crippen molar-refractivity contribution < 1.29 is 5.11 Å². The molecule has 0 unspecified atom stereocenters. The van der Waals surface area contributed by atoms with Crippen LogP contribution in [0.15, 0.2) is 58.1 Å². The van der Waals surface area contributed by atoms with Crippen molar-refractivity contribution in [2.45, 2.75) is 6.54 Å². The number of fused-ring (bicyclic) bond motifs is 5. The standard InChI is InChI=1S/C22H19N3O3.ClH/c1-23(2)9-10-24-21(27)17-12-14(26)11-16-19-15-6-4-3-5-13(15)7-8-18(19)25(20(16)17)22(24)28;/h3-8,11-12,26H,9-10H2,1-2H3;1H. The number of benzene rings is 3. The van der Waals surface area contributed by atoms with Crippen LogP contribution in [0.4, 0.5) is 0 Å². The molecule has 5 aromatic rings. The Morgan fingerprint density at radius 1 is 0.966 bits per heavy atom. The van der Waals surface area contributed by atoms with Gasteiger partial charge in [0.05, 0.1) is 16.4 Å². The number of hydrogen-bond acceptors (Lipinski definition) is 4. The van der Waals surface area contributed by atoms with Crippen LogP contribution in [0.2, 0.25) is 0 Å². The van der Waals surface area contributed by atoms with Gasteiger partial charge in [-0.05, 0) is 43.1 Å². The average molecular weight is 410 g/mol. The second-order valence-electron chi connectivity index (χ2n) is 7.45. The van der Waals surface area contributed by atoms with Gasteiger partial charge in [0, 0.05) is 23.9 Å². The van der Waals surface area contributed by atoms with Crippen molar-refractivity contribution in [2.24, 2.45) is 0 Å². The van der Waals surface area contributed by atoms with E-state index in [9.17, 15) is 14.7 Å². The highest BCUT2D eigenvalue weighted by Gasteiger charge is 2.20. The van der Waals surface area contributed by atoms with Crippen LogP contribution in [0.3, 0.4) is 0 Å². The lowest BCUT2D eigenvalue weighted by Crippen LogP contribution is -2.39. The zero-order valence-corrected chi connectivity index (χ0v) is 16.9. The summed E-state index contributed by atoms with van der Waals surface area (Å²) in [5.74, 6) is 0.0183. The van der Waals surface area contributed by atoms with Crippen LogP contribution in [-0.4, -0.2) is 39.6 Å². The highest BCUT2D eigenvalue weighted by atomic mass is 35.5. The maximum Gasteiger partial charge on any atom is 0.336 e. The van der Waals surface area contributed by atoms with Crippen molar-refractivity contribution in [3.63, 3.8) is 0 Å². The van der Waals surface area contributed by atoms with E-state index in [-0.39, 0.29) is 36.0 Å². The smallest absolute Gasteiger partial charge is 0.336 e. The van der Waals surface area contributed by atoms with Crippen LogP contribution in [-0.2, 0) is 6.54 Å². The summed E-state index contributed by atoms with van der Waals surface area (Å²) in [7, 11) is 3.79. The lowest BCUT2D eigenvalue weighted by atomic mass is 10.0. The maximum atomic E-state index is 13.3. The normalized spacial score (nSPS) is 11.8. The molecule has 0 atom stereocenters. The summed E-state index contributed by atoms with van der Waals surface area (Å²) in [4.78, 5) is 28.3. The van der Waals surface area contributed by atoms with Crippen molar-refractivity contribution >= 4 is 50.4 Å². The Balaban J connectivity index is 0.00000205. The predicted molar refractivity (Wildman–Crippen MR) is 119 cm³/mol. The first-order valence-electron chi connectivity index (χ1n) is 9.17. The van der Waals surface area contributed by atoms with E-state index >= 15 is 0 Å². The Labute approximate surface area is 172 Å². The topological polar surface area (TPSA) is 66.9 Å². The van der Waals surface area contributed by atoms with Crippen LogP contribution in [0, 0.1) is 0 Å². The van der Waals surface area contributed by atoms with Gasteiger partial charge in [0.15, 0.2) is 0 Å². The fraction of sp³-hybridized carbons (Fsp3) is 0.182. The van der Waals surface area contributed by atoms with E-state index in [4.69, 9.17) is 0 Å². The van der Waals surface area contributed by atoms with E-state index < -0.39 is 0 Å². The Morgan fingerprint density at radius 2 is 1.69 bits per heavy atom. The van der Waals surface area contributed by atoms with Crippen molar-refractivity contribution in [3.8, 4) is 5.75 Å². The molecule has 0 saturated heterocycles. The monoisotopic (exact) mass is 409 g/mol. The first-order valence-corrected chi connectivity index (χ1v) is 9.17. The van der Waals surface area contributed by atoms with Gasteiger partial charge in [0.1, 0.15) is 5.75 Å². The van der Waals surface area contributed by atoms with Gasteiger partial charge in [-0.15, -0.1) is 12.4 Å². The molecule has 0 radical (unpaired) electrons. The van der Waals surface area contributed by atoms with E-state index in [0.717, 1.165) is 27.1 Å². The quantitative estimate of drug-likeness (QED) is 0.497. The van der Waals surface area contributed by atoms with E-state index in [1.807, 2.05) is 55.4 Å². The summed E-state index contributed by atoms with van der Waals surface area (Å²) in [5.41, 5.74) is 0.598. The Bertz CT molecular complexity index is 1500. The number of aromatic hydroxyl groups is 1. The SMILES string of the molecule is CN(C)CCn1c(=O)c2cc(O)cc3c4c5ccccc5ccc4n(c1=O)c23.Cl. The lowest BCUT2D eigenvalue weighted by molar-refractivity contribution is 0.376. The van der Waals surface area contributed by atoms with Crippen molar-refractivity contribution in [1.29, 1.82) is 0 Å². The van der Waals surface area contributed by atoms with Crippen LogP contribution in [0.25, 0.3) is 38.0 Å². The largest absolute Gasteiger partial charge is 0.508 e. The van der Waals surface area contributed by atoms with E-state index in [0.29, 0.717) is 17.4 Å². The molecule has 0 saturated carbocycles. The van der Waals surface area contributed by atoms with Gasteiger partial charge in [0.2, 0.25) is 0 Å². The number of nitrogens with zero attached hydrogens (tertiary/aromatic N) is 3. The molecule has 0 fully saturated rings. The van der Waals surface area contributed by atoms with E-state index in [1.54, 1.807) is 10.5 Å². The summed E-state index contributed by atoms with van der Waals surface area (Å²) in [6, 6.07) is 14.9. The van der Waals surface area contributed by atoms with Crippen LogP contribution >= 0.6 is 12.4 Å². The number of hydrogen-bond donors (Lipinski definition) is 1. The highest BCUT2D eigenvalue weighted by molar-refractivity contribution is 6.23. The minimum atomic E-state index is -0.368. The third-order valence-electron chi connectivity index (χ3n) is 5.40. The van der Waals surface area contributed by atoms with Gasteiger partial charge in [-0.2, -0.15) is 0 Å². The molecule has 148 valence electrons. The summed E-state index contributed by atoms with van der Waals surface area (Å²) < 4.78 is 2.87. The molecule has 7 heteroatoms. The number of phenols is 1. The fourth-order valence-electron chi connectivity index (χ4n) is 4.11. The van der Waals surface area contributed by atoms with Crippen molar-refractivity contribution in [3.05, 3.63) is 69.4 Å². The third-order valence-corrected chi connectivity index (χ3v) is 5.40. The fourth-order valence-corrected chi connectivity index (χ4v) is 4.11. The molecule has 29 heavy (non-hydrogen) atoms. The summed E-state index contributed by atoms with van der Waals surface area (Å²) in [6.07, 6.45) is 0. The van der Waals surface area contributed by atoms with Gasteiger partial charge < -0.3 is 10.0 Å². The molecule has 0 spiro atoms. The molecule has 5 rings (SSSR count).